The summed E-state index contributed by atoms with van der Waals surface area (Å²) in [6.45, 7) is 17.4. The van der Waals surface area contributed by atoms with E-state index in [9.17, 15) is 5.11 Å². The van der Waals surface area contributed by atoms with Crippen molar-refractivity contribution in [2.24, 2.45) is 0 Å². The van der Waals surface area contributed by atoms with E-state index in [2.05, 4.69) is 37.2 Å². The fourth-order valence-electron chi connectivity index (χ4n) is 2.89. The SMILES string of the molecule is C=CCN1C(=C)/C(=C/C(C)=C/C(=C\C)C(=C)c2cccc(O)c2)CNC1=S. The molecule has 2 rings (SSSR count). The number of thiocarbonyl (C=S) groups is 1. The van der Waals surface area contributed by atoms with E-state index >= 15 is 0 Å². The molecule has 1 fully saturated rings. The number of nitrogens with zero attached hydrogens (tertiary/aromatic N) is 1. The minimum atomic E-state index is 0.231. The molecule has 27 heavy (non-hydrogen) atoms. The zero-order valence-electron chi connectivity index (χ0n) is 16.0. The molecule has 3 nitrogen and oxygen atoms in total. The second-order valence-electron chi connectivity index (χ2n) is 6.34. The molecular weight excluding hydrogens is 352 g/mol. The molecule has 0 aliphatic carbocycles. The fourth-order valence-corrected chi connectivity index (χ4v) is 3.14. The van der Waals surface area contributed by atoms with Crippen LogP contribution in [-0.4, -0.2) is 28.2 Å². The van der Waals surface area contributed by atoms with Crippen LogP contribution in [0.2, 0.25) is 0 Å². The molecular formula is C23H26N2OS. The maximum absolute atomic E-state index is 9.71. The number of phenols is 1. The van der Waals surface area contributed by atoms with E-state index in [1.165, 1.54) is 0 Å². The van der Waals surface area contributed by atoms with E-state index in [-0.39, 0.29) is 5.75 Å². The van der Waals surface area contributed by atoms with Crippen molar-refractivity contribution in [3.05, 3.63) is 96.3 Å². The molecule has 0 bridgehead atoms. The van der Waals surface area contributed by atoms with Crippen molar-refractivity contribution < 1.29 is 5.11 Å². The maximum atomic E-state index is 9.71. The minimum absolute atomic E-state index is 0.231. The van der Waals surface area contributed by atoms with Gasteiger partial charge in [-0.1, -0.05) is 55.2 Å². The number of allylic oxidation sites excluding steroid dienone is 6. The molecule has 0 amide bonds. The van der Waals surface area contributed by atoms with E-state index in [1.54, 1.807) is 12.1 Å². The van der Waals surface area contributed by atoms with Gasteiger partial charge in [-0.2, -0.15) is 0 Å². The Labute approximate surface area is 167 Å². The Morgan fingerprint density at radius 2 is 2.15 bits per heavy atom. The van der Waals surface area contributed by atoms with Crippen molar-refractivity contribution in [3.63, 3.8) is 0 Å². The van der Waals surface area contributed by atoms with Gasteiger partial charge >= 0.3 is 0 Å². The zero-order valence-corrected chi connectivity index (χ0v) is 16.8. The molecule has 140 valence electrons. The molecule has 1 heterocycles. The number of hydrogen-bond acceptors (Lipinski definition) is 2. The fraction of sp³-hybridized carbons (Fsp3) is 0.174. The Morgan fingerprint density at radius 3 is 2.78 bits per heavy atom. The third-order valence-electron chi connectivity index (χ3n) is 4.32. The normalized spacial score (nSPS) is 17.1. The number of phenolic OH excluding ortho intramolecular Hbond substituents is 1. The van der Waals surface area contributed by atoms with E-state index in [0.717, 1.165) is 33.6 Å². The average molecular weight is 379 g/mol. The smallest absolute Gasteiger partial charge is 0.174 e. The highest BCUT2D eigenvalue weighted by Gasteiger charge is 2.20. The lowest BCUT2D eigenvalue weighted by Crippen LogP contribution is -2.45. The Kier molecular flexibility index (Phi) is 6.97. The summed E-state index contributed by atoms with van der Waals surface area (Å²) in [5, 5.41) is 13.6. The Balaban J connectivity index is 2.25. The number of benzene rings is 1. The predicted molar refractivity (Wildman–Crippen MR) is 119 cm³/mol. The van der Waals surface area contributed by atoms with Gasteiger partial charge in [-0.05, 0) is 60.5 Å². The summed E-state index contributed by atoms with van der Waals surface area (Å²) in [5.74, 6) is 0.231. The Bertz CT molecular complexity index is 874. The molecule has 0 saturated carbocycles. The first-order valence-electron chi connectivity index (χ1n) is 8.76. The third-order valence-corrected chi connectivity index (χ3v) is 4.69. The zero-order chi connectivity index (χ0) is 20.0. The van der Waals surface area contributed by atoms with Gasteiger partial charge in [-0.25, -0.2) is 0 Å². The highest BCUT2D eigenvalue weighted by atomic mass is 32.1. The highest BCUT2D eigenvalue weighted by Crippen LogP contribution is 2.27. The molecule has 1 aliphatic heterocycles. The van der Waals surface area contributed by atoms with Crippen molar-refractivity contribution in [1.29, 1.82) is 0 Å². The Morgan fingerprint density at radius 1 is 1.41 bits per heavy atom. The first-order chi connectivity index (χ1) is 12.9. The molecule has 1 aliphatic rings. The molecule has 0 unspecified atom stereocenters. The van der Waals surface area contributed by atoms with Crippen molar-refractivity contribution in [2.45, 2.75) is 13.8 Å². The summed E-state index contributed by atoms with van der Waals surface area (Å²) in [5.41, 5.74) is 5.81. The number of nitrogens with one attached hydrogen (secondary N) is 1. The molecule has 1 saturated heterocycles. The van der Waals surface area contributed by atoms with Gasteiger partial charge in [0, 0.05) is 18.8 Å². The highest BCUT2D eigenvalue weighted by molar-refractivity contribution is 7.80. The number of aromatic hydroxyl groups is 1. The molecule has 4 heteroatoms. The molecule has 2 N–H and O–H groups in total. The van der Waals surface area contributed by atoms with Crippen LogP contribution in [0.25, 0.3) is 5.57 Å². The summed E-state index contributed by atoms with van der Waals surface area (Å²) in [6.07, 6.45) is 8.01. The van der Waals surface area contributed by atoms with E-state index < -0.39 is 0 Å². The van der Waals surface area contributed by atoms with E-state index in [0.29, 0.717) is 18.2 Å². The van der Waals surface area contributed by atoms with Crippen molar-refractivity contribution in [3.8, 4) is 5.75 Å². The molecule has 0 aromatic heterocycles. The molecule has 1 aromatic rings. The molecule has 0 radical (unpaired) electrons. The van der Waals surface area contributed by atoms with Crippen LogP contribution in [0.3, 0.4) is 0 Å². The van der Waals surface area contributed by atoms with Crippen LogP contribution >= 0.6 is 12.2 Å². The molecule has 1 aromatic carbocycles. The van der Waals surface area contributed by atoms with Crippen LogP contribution in [0.4, 0.5) is 0 Å². The minimum Gasteiger partial charge on any atom is -0.508 e. The maximum Gasteiger partial charge on any atom is 0.174 e. The molecule has 0 spiro atoms. The standard InChI is InChI=1S/C23H26N2OS/c1-6-11-25-18(5)21(15-24-23(25)27)13-16(3)12-19(7-2)17(4)20-9-8-10-22(26)14-20/h6-10,12-14,26H,1,4-5,11,15H2,2-3H3,(H,24,27)/b16-12+,19-7+,21-13+. The van der Waals surface area contributed by atoms with Crippen molar-refractivity contribution >= 4 is 22.9 Å². The van der Waals surface area contributed by atoms with Crippen molar-refractivity contribution in [1.82, 2.24) is 10.2 Å². The van der Waals surface area contributed by atoms with Crippen LogP contribution < -0.4 is 5.32 Å². The monoisotopic (exact) mass is 378 g/mol. The predicted octanol–water partition coefficient (Wildman–Crippen LogP) is 5.11. The second-order valence-corrected chi connectivity index (χ2v) is 6.72. The van der Waals surface area contributed by atoms with Gasteiger partial charge in [0.25, 0.3) is 0 Å². The van der Waals surface area contributed by atoms with Crippen molar-refractivity contribution in [2.75, 3.05) is 13.1 Å². The van der Waals surface area contributed by atoms with Crippen LogP contribution in [0, 0.1) is 0 Å². The van der Waals surface area contributed by atoms with Gasteiger partial charge in [0.15, 0.2) is 5.11 Å². The number of rotatable bonds is 6. The summed E-state index contributed by atoms with van der Waals surface area (Å²) in [4.78, 5) is 1.94. The van der Waals surface area contributed by atoms with E-state index in [4.69, 9.17) is 12.2 Å². The lowest BCUT2D eigenvalue weighted by molar-refractivity contribution is 0.475. The van der Waals surface area contributed by atoms with E-state index in [1.807, 2.05) is 43.0 Å². The van der Waals surface area contributed by atoms with Gasteiger partial charge in [0.2, 0.25) is 0 Å². The topological polar surface area (TPSA) is 35.5 Å². The first kappa shape index (κ1) is 20.5. The summed E-state index contributed by atoms with van der Waals surface area (Å²) in [7, 11) is 0. The van der Waals surface area contributed by atoms with Crippen LogP contribution in [0.15, 0.2) is 90.7 Å². The Hall–Kier alpha value is -2.85. The largest absolute Gasteiger partial charge is 0.508 e. The summed E-state index contributed by atoms with van der Waals surface area (Å²) in [6, 6.07) is 7.12. The van der Waals surface area contributed by atoms with Gasteiger partial charge in [-0.3, -0.25) is 0 Å². The van der Waals surface area contributed by atoms with Crippen LogP contribution in [0.1, 0.15) is 19.4 Å². The average Bonchev–Trinajstić information content (AvgIpc) is 2.65. The third kappa shape index (κ3) is 5.08. The quantitative estimate of drug-likeness (QED) is 0.409. The van der Waals surface area contributed by atoms with Gasteiger partial charge in [-0.15, -0.1) is 6.58 Å². The van der Waals surface area contributed by atoms with Crippen LogP contribution in [0.5, 0.6) is 5.75 Å². The lowest BCUT2D eigenvalue weighted by atomic mass is 9.96. The van der Waals surface area contributed by atoms with Gasteiger partial charge in [0.1, 0.15) is 5.75 Å². The van der Waals surface area contributed by atoms with Crippen LogP contribution in [-0.2, 0) is 0 Å². The first-order valence-corrected chi connectivity index (χ1v) is 9.17. The van der Waals surface area contributed by atoms with Gasteiger partial charge < -0.3 is 15.3 Å². The summed E-state index contributed by atoms with van der Waals surface area (Å²) >= 11 is 5.35. The van der Waals surface area contributed by atoms with Gasteiger partial charge in [0.05, 0.1) is 0 Å². The summed E-state index contributed by atoms with van der Waals surface area (Å²) < 4.78 is 0. The number of hydrogen-bond donors (Lipinski definition) is 2. The lowest BCUT2D eigenvalue weighted by Gasteiger charge is -2.33. The second kappa shape index (κ2) is 9.19. The molecule has 0 atom stereocenters.